The van der Waals surface area contributed by atoms with Crippen LogP contribution in [0.25, 0.3) is 11.0 Å². The lowest BCUT2D eigenvalue weighted by molar-refractivity contribution is 1.04. The van der Waals surface area contributed by atoms with Gasteiger partial charge in [-0.25, -0.2) is 4.98 Å². The quantitative estimate of drug-likeness (QED) is 0.692. The van der Waals surface area contributed by atoms with E-state index in [4.69, 9.17) is 17.3 Å². The van der Waals surface area contributed by atoms with Gasteiger partial charge in [0.05, 0.1) is 10.5 Å². The van der Waals surface area contributed by atoms with Crippen LogP contribution in [0.4, 0.5) is 5.69 Å². The molecule has 3 rings (SSSR count). The van der Waals surface area contributed by atoms with Gasteiger partial charge in [-0.15, -0.1) is 0 Å². The van der Waals surface area contributed by atoms with Crippen LogP contribution in [0.15, 0.2) is 42.5 Å². The minimum absolute atomic E-state index is 0.663. The first-order valence-electron chi connectivity index (χ1n) is 5.70. The zero-order valence-electron chi connectivity index (χ0n) is 9.65. The topological polar surface area (TPSA) is 54.7 Å². The summed E-state index contributed by atoms with van der Waals surface area (Å²) >= 11 is 6.10. The Morgan fingerprint density at radius 1 is 1.11 bits per heavy atom. The highest BCUT2D eigenvalue weighted by Crippen LogP contribution is 2.22. The van der Waals surface area contributed by atoms with E-state index in [1.807, 2.05) is 42.5 Å². The molecular formula is C14H12ClN3. The summed E-state index contributed by atoms with van der Waals surface area (Å²) in [4.78, 5) is 7.77. The van der Waals surface area contributed by atoms with E-state index in [2.05, 4.69) is 9.97 Å². The van der Waals surface area contributed by atoms with Crippen LogP contribution in [-0.4, -0.2) is 9.97 Å². The van der Waals surface area contributed by atoms with Crippen LogP contribution in [0.5, 0.6) is 0 Å². The third-order valence-electron chi connectivity index (χ3n) is 2.93. The van der Waals surface area contributed by atoms with Crippen molar-refractivity contribution in [1.82, 2.24) is 9.97 Å². The molecule has 0 atom stereocenters. The van der Waals surface area contributed by atoms with Crippen LogP contribution in [0.1, 0.15) is 11.4 Å². The maximum Gasteiger partial charge on any atom is 0.111 e. The van der Waals surface area contributed by atoms with E-state index < -0.39 is 0 Å². The van der Waals surface area contributed by atoms with E-state index in [1.165, 1.54) is 0 Å². The molecule has 0 aliphatic carbocycles. The monoisotopic (exact) mass is 257 g/mol. The molecule has 0 fully saturated rings. The fourth-order valence-electron chi connectivity index (χ4n) is 2.01. The van der Waals surface area contributed by atoms with Crippen molar-refractivity contribution >= 4 is 28.3 Å². The molecule has 3 nitrogen and oxygen atoms in total. The summed E-state index contributed by atoms with van der Waals surface area (Å²) in [7, 11) is 0. The lowest BCUT2D eigenvalue weighted by Crippen LogP contribution is -1.96. The van der Waals surface area contributed by atoms with Gasteiger partial charge in [-0.3, -0.25) is 0 Å². The van der Waals surface area contributed by atoms with E-state index in [9.17, 15) is 0 Å². The minimum atomic E-state index is 0.663. The number of para-hydroxylation sites is 2. The van der Waals surface area contributed by atoms with Gasteiger partial charge in [-0.1, -0.05) is 35.9 Å². The molecule has 0 unspecified atom stereocenters. The molecule has 3 aromatic rings. The van der Waals surface area contributed by atoms with E-state index in [1.54, 1.807) is 0 Å². The van der Waals surface area contributed by atoms with E-state index in [-0.39, 0.29) is 0 Å². The third kappa shape index (κ3) is 1.93. The predicted octanol–water partition coefficient (Wildman–Crippen LogP) is 3.39. The molecule has 18 heavy (non-hydrogen) atoms. The third-order valence-corrected chi connectivity index (χ3v) is 3.23. The van der Waals surface area contributed by atoms with Gasteiger partial charge in [0.25, 0.3) is 0 Å². The highest BCUT2D eigenvalue weighted by Gasteiger charge is 2.07. The number of anilines is 1. The Morgan fingerprint density at radius 3 is 2.72 bits per heavy atom. The van der Waals surface area contributed by atoms with E-state index in [0.717, 1.165) is 28.1 Å². The number of rotatable bonds is 2. The van der Waals surface area contributed by atoms with E-state index in [0.29, 0.717) is 11.4 Å². The lowest BCUT2D eigenvalue weighted by atomic mass is 10.1. The smallest absolute Gasteiger partial charge is 0.111 e. The second-order valence-corrected chi connectivity index (χ2v) is 4.60. The van der Waals surface area contributed by atoms with Crippen molar-refractivity contribution < 1.29 is 0 Å². The fraction of sp³-hybridized carbons (Fsp3) is 0.0714. The van der Waals surface area contributed by atoms with Gasteiger partial charge in [-0.2, -0.15) is 0 Å². The lowest BCUT2D eigenvalue weighted by Gasteiger charge is -2.02. The number of nitrogen functional groups attached to an aromatic ring is 1. The highest BCUT2D eigenvalue weighted by atomic mass is 35.5. The zero-order valence-corrected chi connectivity index (χ0v) is 10.4. The van der Waals surface area contributed by atoms with Gasteiger partial charge >= 0.3 is 0 Å². The SMILES string of the molecule is Nc1ccccc1Cc1nc2c(Cl)cccc2[nH]1. The van der Waals surface area contributed by atoms with Crippen molar-refractivity contribution in [3.8, 4) is 0 Å². The van der Waals surface area contributed by atoms with Gasteiger partial charge < -0.3 is 10.7 Å². The van der Waals surface area contributed by atoms with Crippen LogP contribution in [0.3, 0.4) is 0 Å². The summed E-state index contributed by atoms with van der Waals surface area (Å²) in [5.74, 6) is 0.871. The number of fused-ring (bicyclic) bond motifs is 1. The fourth-order valence-corrected chi connectivity index (χ4v) is 2.22. The van der Waals surface area contributed by atoms with Crippen molar-refractivity contribution in [3.63, 3.8) is 0 Å². The maximum atomic E-state index is 6.10. The molecule has 0 aliphatic rings. The van der Waals surface area contributed by atoms with Crippen LogP contribution < -0.4 is 5.73 Å². The molecule has 0 spiro atoms. The first-order valence-corrected chi connectivity index (χ1v) is 6.08. The van der Waals surface area contributed by atoms with Crippen LogP contribution in [0.2, 0.25) is 5.02 Å². The van der Waals surface area contributed by atoms with Crippen molar-refractivity contribution in [2.75, 3.05) is 5.73 Å². The normalized spacial score (nSPS) is 10.9. The van der Waals surface area contributed by atoms with Gasteiger partial charge in [0, 0.05) is 12.1 Å². The molecule has 90 valence electrons. The van der Waals surface area contributed by atoms with Gasteiger partial charge in [0.2, 0.25) is 0 Å². The number of nitrogens with two attached hydrogens (primary N) is 1. The van der Waals surface area contributed by atoms with Crippen LogP contribution in [0, 0.1) is 0 Å². The number of imidazole rings is 1. The number of benzene rings is 2. The molecule has 0 saturated carbocycles. The summed E-state index contributed by atoms with van der Waals surface area (Å²) in [6, 6.07) is 13.5. The molecule has 4 heteroatoms. The second-order valence-electron chi connectivity index (χ2n) is 4.20. The Bertz CT molecular complexity index is 703. The zero-order chi connectivity index (χ0) is 12.5. The predicted molar refractivity (Wildman–Crippen MR) is 74.8 cm³/mol. The average molecular weight is 258 g/mol. The summed E-state index contributed by atoms with van der Waals surface area (Å²) < 4.78 is 0. The highest BCUT2D eigenvalue weighted by molar-refractivity contribution is 6.34. The summed E-state index contributed by atoms with van der Waals surface area (Å²) in [6.07, 6.45) is 0.678. The number of hydrogen-bond acceptors (Lipinski definition) is 2. The molecule has 0 aliphatic heterocycles. The summed E-state index contributed by atoms with van der Waals surface area (Å²) in [5, 5.41) is 0.663. The Balaban J connectivity index is 2.01. The molecule has 1 aromatic heterocycles. The number of aromatic nitrogens is 2. The molecule has 0 bridgehead atoms. The number of hydrogen-bond donors (Lipinski definition) is 2. The van der Waals surface area contributed by atoms with Gasteiger partial charge in [0.1, 0.15) is 11.3 Å². The minimum Gasteiger partial charge on any atom is -0.398 e. The molecule has 0 radical (unpaired) electrons. The Labute approximate surface area is 110 Å². The number of H-pyrrole nitrogens is 1. The molecular weight excluding hydrogens is 246 g/mol. The van der Waals surface area contributed by atoms with Crippen LogP contribution >= 0.6 is 11.6 Å². The Morgan fingerprint density at radius 2 is 1.94 bits per heavy atom. The largest absolute Gasteiger partial charge is 0.398 e. The van der Waals surface area contributed by atoms with Crippen LogP contribution in [-0.2, 0) is 6.42 Å². The average Bonchev–Trinajstić information content (AvgIpc) is 2.76. The summed E-state index contributed by atoms with van der Waals surface area (Å²) in [5.41, 5.74) is 9.53. The number of nitrogens with one attached hydrogen (secondary N) is 1. The molecule has 2 aromatic carbocycles. The molecule has 0 saturated heterocycles. The molecule has 1 heterocycles. The molecule has 0 amide bonds. The second kappa shape index (κ2) is 4.35. The Kier molecular flexibility index (Phi) is 2.68. The van der Waals surface area contributed by atoms with Gasteiger partial charge in [0.15, 0.2) is 0 Å². The van der Waals surface area contributed by atoms with Crippen molar-refractivity contribution in [2.24, 2.45) is 0 Å². The maximum absolute atomic E-state index is 6.10. The van der Waals surface area contributed by atoms with Gasteiger partial charge in [-0.05, 0) is 23.8 Å². The summed E-state index contributed by atoms with van der Waals surface area (Å²) in [6.45, 7) is 0. The molecule has 3 N–H and O–H groups in total. The van der Waals surface area contributed by atoms with Crippen molar-refractivity contribution in [1.29, 1.82) is 0 Å². The first kappa shape index (κ1) is 11.1. The number of nitrogens with zero attached hydrogens (tertiary/aromatic N) is 1. The van der Waals surface area contributed by atoms with Crippen molar-refractivity contribution in [3.05, 3.63) is 58.9 Å². The standard InChI is InChI=1S/C14H12ClN3/c15-10-5-3-7-12-14(10)18-13(17-12)8-9-4-1-2-6-11(9)16/h1-7H,8,16H2,(H,17,18). The van der Waals surface area contributed by atoms with E-state index >= 15 is 0 Å². The first-order chi connectivity index (χ1) is 8.74. The van der Waals surface area contributed by atoms with Crippen molar-refractivity contribution in [2.45, 2.75) is 6.42 Å². The number of aromatic amines is 1. The Hall–Kier alpha value is -2.00. The number of halogens is 1.